The van der Waals surface area contributed by atoms with Gasteiger partial charge in [0.15, 0.2) is 5.82 Å². The molecule has 5 nitrogen and oxygen atoms in total. The number of fused-ring (bicyclic) bond motifs is 1. The molecule has 2 N–H and O–H groups in total. The highest BCUT2D eigenvalue weighted by molar-refractivity contribution is 5.58. The smallest absolute Gasteiger partial charge is 0.164 e. The topological polar surface area (TPSA) is 71.2 Å². The van der Waals surface area contributed by atoms with E-state index in [-0.39, 0.29) is 18.4 Å². The lowest BCUT2D eigenvalue weighted by Gasteiger charge is -2.24. The van der Waals surface area contributed by atoms with E-state index >= 15 is 0 Å². The van der Waals surface area contributed by atoms with Gasteiger partial charge in [0.25, 0.3) is 0 Å². The lowest BCUT2D eigenvalue weighted by molar-refractivity contribution is 0.207. The molecule has 0 radical (unpaired) electrons. The van der Waals surface area contributed by atoms with Crippen molar-refractivity contribution in [3.63, 3.8) is 0 Å². The summed E-state index contributed by atoms with van der Waals surface area (Å²) in [4.78, 5) is 0. The van der Waals surface area contributed by atoms with Gasteiger partial charge in [-0.25, -0.2) is 0 Å². The van der Waals surface area contributed by atoms with Crippen molar-refractivity contribution in [1.29, 1.82) is 0 Å². The van der Waals surface area contributed by atoms with E-state index in [2.05, 4.69) is 10.2 Å². The number of hydrogen-bond acceptors (Lipinski definition) is 4. The summed E-state index contributed by atoms with van der Waals surface area (Å²) in [5.74, 6) is 1.85. The van der Waals surface area contributed by atoms with Gasteiger partial charge in [-0.3, -0.25) is 0 Å². The van der Waals surface area contributed by atoms with Gasteiger partial charge < -0.3 is 14.8 Å². The Morgan fingerprint density at radius 3 is 3.00 bits per heavy atom. The van der Waals surface area contributed by atoms with Crippen LogP contribution >= 0.6 is 0 Å². The quantitative estimate of drug-likeness (QED) is 0.841. The first-order chi connectivity index (χ1) is 8.79. The minimum absolute atomic E-state index is 0.0427. The SMILES string of the molecule is OCC1CCCc2nnc(-c3cccc(O)c3)n21. The first-order valence-corrected chi connectivity index (χ1v) is 6.13. The van der Waals surface area contributed by atoms with Crippen LogP contribution in [0.3, 0.4) is 0 Å². The molecule has 0 spiro atoms. The maximum Gasteiger partial charge on any atom is 0.164 e. The van der Waals surface area contributed by atoms with Crippen LogP contribution in [0.1, 0.15) is 24.7 Å². The predicted molar refractivity (Wildman–Crippen MR) is 66.2 cm³/mol. The van der Waals surface area contributed by atoms with Crippen molar-refractivity contribution in [2.24, 2.45) is 0 Å². The van der Waals surface area contributed by atoms with Crippen LogP contribution in [0.5, 0.6) is 5.75 Å². The van der Waals surface area contributed by atoms with Crippen LogP contribution in [0.4, 0.5) is 0 Å². The number of benzene rings is 1. The Morgan fingerprint density at radius 1 is 1.33 bits per heavy atom. The Labute approximate surface area is 105 Å². The molecular formula is C13H15N3O2. The van der Waals surface area contributed by atoms with Crippen LogP contribution in [0.2, 0.25) is 0 Å². The van der Waals surface area contributed by atoms with E-state index < -0.39 is 0 Å². The largest absolute Gasteiger partial charge is 0.508 e. The van der Waals surface area contributed by atoms with Gasteiger partial charge in [0.2, 0.25) is 0 Å². The van der Waals surface area contributed by atoms with Gasteiger partial charge in [-0.05, 0) is 25.0 Å². The van der Waals surface area contributed by atoms with Crippen LogP contribution in [-0.4, -0.2) is 31.6 Å². The molecule has 1 aromatic heterocycles. The fourth-order valence-corrected chi connectivity index (χ4v) is 2.52. The van der Waals surface area contributed by atoms with Crippen LogP contribution < -0.4 is 0 Å². The summed E-state index contributed by atoms with van der Waals surface area (Å²) in [6.45, 7) is 0.0941. The van der Waals surface area contributed by atoms with Crippen molar-refractivity contribution in [2.75, 3.05) is 6.61 Å². The number of aromatic nitrogens is 3. The van der Waals surface area contributed by atoms with Gasteiger partial charge in [-0.2, -0.15) is 0 Å². The summed E-state index contributed by atoms with van der Waals surface area (Å²) >= 11 is 0. The average Bonchev–Trinajstić information content (AvgIpc) is 2.82. The molecule has 0 amide bonds. The van der Waals surface area contributed by atoms with Crippen molar-refractivity contribution in [3.05, 3.63) is 30.1 Å². The van der Waals surface area contributed by atoms with Crippen LogP contribution in [-0.2, 0) is 6.42 Å². The van der Waals surface area contributed by atoms with Crippen molar-refractivity contribution in [3.8, 4) is 17.1 Å². The number of nitrogens with zero attached hydrogens (tertiary/aromatic N) is 3. The van der Waals surface area contributed by atoms with Crippen molar-refractivity contribution >= 4 is 0 Å². The van der Waals surface area contributed by atoms with Gasteiger partial charge in [0.1, 0.15) is 11.6 Å². The monoisotopic (exact) mass is 245 g/mol. The summed E-state index contributed by atoms with van der Waals surface area (Å²) in [5.41, 5.74) is 0.828. The van der Waals surface area contributed by atoms with E-state index in [4.69, 9.17) is 0 Å². The minimum Gasteiger partial charge on any atom is -0.508 e. The number of phenolic OH excluding ortho intramolecular Hbond substituents is 1. The fraction of sp³-hybridized carbons (Fsp3) is 0.385. The number of phenols is 1. The molecule has 3 rings (SSSR count). The molecule has 94 valence electrons. The van der Waals surface area contributed by atoms with E-state index in [1.54, 1.807) is 18.2 Å². The lowest BCUT2D eigenvalue weighted by Crippen LogP contribution is -2.21. The first kappa shape index (κ1) is 11.2. The molecule has 0 fully saturated rings. The molecule has 0 aliphatic carbocycles. The molecule has 5 heteroatoms. The minimum atomic E-state index is 0.0427. The summed E-state index contributed by atoms with van der Waals surface area (Å²) in [6, 6.07) is 7.00. The van der Waals surface area contributed by atoms with Crippen LogP contribution in [0.15, 0.2) is 24.3 Å². The third-order valence-corrected chi connectivity index (χ3v) is 3.38. The molecule has 0 saturated carbocycles. The highest BCUT2D eigenvalue weighted by Crippen LogP contribution is 2.30. The van der Waals surface area contributed by atoms with Crippen molar-refractivity contribution in [2.45, 2.75) is 25.3 Å². The van der Waals surface area contributed by atoms with Crippen LogP contribution in [0, 0.1) is 0 Å². The molecule has 1 aliphatic rings. The Morgan fingerprint density at radius 2 is 2.22 bits per heavy atom. The molecule has 18 heavy (non-hydrogen) atoms. The zero-order valence-electron chi connectivity index (χ0n) is 9.95. The number of rotatable bonds is 2. The van der Waals surface area contributed by atoms with E-state index in [0.29, 0.717) is 0 Å². The maximum absolute atomic E-state index is 9.53. The molecule has 0 saturated heterocycles. The van der Waals surface area contributed by atoms with Gasteiger partial charge in [0.05, 0.1) is 12.6 Å². The van der Waals surface area contributed by atoms with E-state index in [1.807, 2.05) is 10.6 Å². The Bertz CT molecular complexity index is 565. The zero-order chi connectivity index (χ0) is 12.5. The van der Waals surface area contributed by atoms with Crippen molar-refractivity contribution < 1.29 is 10.2 Å². The molecule has 2 heterocycles. The summed E-state index contributed by atoms with van der Waals surface area (Å²) < 4.78 is 2.00. The highest BCUT2D eigenvalue weighted by Gasteiger charge is 2.24. The molecule has 0 bridgehead atoms. The van der Waals surface area contributed by atoms with E-state index in [9.17, 15) is 10.2 Å². The van der Waals surface area contributed by atoms with Gasteiger partial charge in [-0.1, -0.05) is 12.1 Å². The maximum atomic E-state index is 9.53. The van der Waals surface area contributed by atoms with E-state index in [0.717, 1.165) is 36.5 Å². The molecule has 2 aromatic rings. The Hall–Kier alpha value is -1.88. The molecule has 1 aromatic carbocycles. The van der Waals surface area contributed by atoms with Crippen LogP contribution in [0.25, 0.3) is 11.4 Å². The second-order valence-electron chi connectivity index (χ2n) is 4.59. The summed E-state index contributed by atoms with van der Waals surface area (Å²) in [6.07, 6.45) is 2.86. The highest BCUT2D eigenvalue weighted by atomic mass is 16.3. The molecule has 1 aliphatic heterocycles. The van der Waals surface area contributed by atoms with E-state index in [1.165, 1.54) is 0 Å². The lowest BCUT2D eigenvalue weighted by atomic mass is 10.0. The number of aliphatic hydroxyl groups excluding tert-OH is 1. The molecule has 1 atom stereocenters. The Kier molecular flexibility index (Phi) is 2.76. The molecular weight excluding hydrogens is 230 g/mol. The number of hydrogen-bond donors (Lipinski definition) is 2. The first-order valence-electron chi connectivity index (χ1n) is 6.13. The second kappa shape index (κ2) is 4.42. The fourth-order valence-electron chi connectivity index (χ4n) is 2.52. The summed E-state index contributed by atoms with van der Waals surface area (Å²) in [5, 5.41) is 27.4. The third kappa shape index (κ3) is 1.76. The normalized spacial score (nSPS) is 18.6. The zero-order valence-corrected chi connectivity index (χ0v) is 9.95. The third-order valence-electron chi connectivity index (χ3n) is 3.38. The van der Waals surface area contributed by atoms with Gasteiger partial charge >= 0.3 is 0 Å². The molecule has 1 unspecified atom stereocenters. The van der Waals surface area contributed by atoms with Gasteiger partial charge in [0, 0.05) is 12.0 Å². The Balaban J connectivity index is 2.11. The second-order valence-corrected chi connectivity index (χ2v) is 4.59. The van der Waals surface area contributed by atoms with Gasteiger partial charge in [-0.15, -0.1) is 10.2 Å². The number of aliphatic hydroxyl groups is 1. The number of aromatic hydroxyl groups is 1. The number of aryl methyl sites for hydroxylation is 1. The predicted octanol–water partition coefficient (Wildman–Crippen LogP) is 1.52. The average molecular weight is 245 g/mol. The summed E-state index contributed by atoms with van der Waals surface area (Å²) in [7, 11) is 0. The standard InChI is InChI=1S/C13H15N3O2/c17-8-10-4-2-6-12-14-15-13(16(10)12)9-3-1-5-11(18)7-9/h1,3,5,7,10,17-18H,2,4,6,8H2. The van der Waals surface area contributed by atoms with Crippen molar-refractivity contribution in [1.82, 2.24) is 14.8 Å².